The van der Waals surface area contributed by atoms with E-state index in [1.54, 1.807) is 26.4 Å². The van der Waals surface area contributed by atoms with Gasteiger partial charge in [-0.3, -0.25) is 4.79 Å². The molecule has 23 heavy (non-hydrogen) atoms. The Labute approximate surface area is 135 Å². The van der Waals surface area contributed by atoms with Crippen molar-refractivity contribution >= 4 is 17.3 Å². The number of ether oxygens (including phenoxy) is 2. The van der Waals surface area contributed by atoms with Crippen molar-refractivity contribution in [1.82, 2.24) is 0 Å². The Bertz CT molecular complexity index is 711. The van der Waals surface area contributed by atoms with Gasteiger partial charge in [-0.25, -0.2) is 0 Å². The SMILES string of the molecule is COc1ccccc1NC(=O)/C=C(/C)Nc1ccccc1OC. The molecule has 0 aromatic heterocycles. The minimum Gasteiger partial charge on any atom is -0.495 e. The fraction of sp³-hybridized carbons (Fsp3) is 0.167. The summed E-state index contributed by atoms with van der Waals surface area (Å²) in [6.45, 7) is 1.81. The van der Waals surface area contributed by atoms with Crippen molar-refractivity contribution in [2.45, 2.75) is 6.92 Å². The van der Waals surface area contributed by atoms with Gasteiger partial charge < -0.3 is 20.1 Å². The summed E-state index contributed by atoms with van der Waals surface area (Å²) >= 11 is 0. The molecule has 0 aliphatic rings. The number of hydrogen-bond donors (Lipinski definition) is 2. The van der Waals surface area contributed by atoms with Crippen LogP contribution in [-0.4, -0.2) is 20.1 Å². The van der Waals surface area contributed by atoms with E-state index in [-0.39, 0.29) is 5.91 Å². The molecule has 0 heterocycles. The quantitative estimate of drug-likeness (QED) is 0.799. The predicted molar refractivity (Wildman–Crippen MR) is 92.0 cm³/mol. The number of benzene rings is 2. The molecule has 2 rings (SSSR count). The van der Waals surface area contributed by atoms with Gasteiger partial charge >= 0.3 is 0 Å². The molecule has 0 spiro atoms. The maximum Gasteiger partial charge on any atom is 0.250 e. The zero-order valence-electron chi connectivity index (χ0n) is 13.4. The molecule has 1 amide bonds. The van der Waals surface area contributed by atoms with E-state index in [2.05, 4.69) is 10.6 Å². The lowest BCUT2D eigenvalue weighted by Crippen LogP contribution is -2.11. The summed E-state index contributed by atoms with van der Waals surface area (Å²) in [6.07, 6.45) is 1.48. The molecular formula is C18H20N2O3. The molecule has 0 atom stereocenters. The van der Waals surface area contributed by atoms with Crippen LogP contribution in [0.3, 0.4) is 0 Å². The molecule has 5 nitrogen and oxygen atoms in total. The van der Waals surface area contributed by atoms with Crippen LogP contribution in [0.4, 0.5) is 11.4 Å². The number of amides is 1. The third-order valence-electron chi connectivity index (χ3n) is 3.15. The molecule has 2 aromatic carbocycles. The fourth-order valence-corrected chi connectivity index (χ4v) is 2.11. The van der Waals surface area contributed by atoms with Gasteiger partial charge in [-0.2, -0.15) is 0 Å². The zero-order valence-corrected chi connectivity index (χ0v) is 13.4. The summed E-state index contributed by atoms with van der Waals surface area (Å²) in [7, 11) is 3.17. The lowest BCUT2D eigenvalue weighted by atomic mass is 10.2. The highest BCUT2D eigenvalue weighted by atomic mass is 16.5. The van der Waals surface area contributed by atoms with Crippen LogP contribution in [0.15, 0.2) is 60.3 Å². The predicted octanol–water partition coefficient (Wildman–Crippen LogP) is 3.66. The zero-order chi connectivity index (χ0) is 16.7. The number of rotatable bonds is 6. The average Bonchev–Trinajstić information content (AvgIpc) is 2.55. The number of hydrogen-bond acceptors (Lipinski definition) is 4. The highest BCUT2D eigenvalue weighted by Crippen LogP contribution is 2.25. The highest BCUT2D eigenvalue weighted by Gasteiger charge is 2.06. The monoisotopic (exact) mass is 312 g/mol. The van der Waals surface area contributed by atoms with Crippen LogP contribution < -0.4 is 20.1 Å². The van der Waals surface area contributed by atoms with E-state index in [1.165, 1.54) is 6.08 Å². The van der Waals surface area contributed by atoms with Crippen LogP contribution in [0, 0.1) is 0 Å². The van der Waals surface area contributed by atoms with Crippen LogP contribution in [0.1, 0.15) is 6.92 Å². The van der Waals surface area contributed by atoms with Crippen LogP contribution in [0.2, 0.25) is 0 Å². The number of methoxy groups -OCH3 is 2. The van der Waals surface area contributed by atoms with Gasteiger partial charge in [0.05, 0.1) is 25.6 Å². The molecule has 120 valence electrons. The maximum atomic E-state index is 12.1. The Balaban J connectivity index is 2.07. The van der Waals surface area contributed by atoms with Crippen molar-refractivity contribution in [3.63, 3.8) is 0 Å². The Hall–Kier alpha value is -2.95. The summed E-state index contributed by atoms with van der Waals surface area (Å²) < 4.78 is 10.5. The van der Waals surface area contributed by atoms with E-state index >= 15 is 0 Å². The van der Waals surface area contributed by atoms with Gasteiger partial charge in [0.2, 0.25) is 5.91 Å². The number of nitrogens with one attached hydrogen (secondary N) is 2. The second-order valence-electron chi connectivity index (χ2n) is 4.84. The Morgan fingerprint density at radius 1 is 0.870 bits per heavy atom. The summed E-state index contributed by atoms with van der Waals surface area (Å²) in [6, 6.07) is 14.8. The van der Waals surface area contributed by atoms with Gasteiger partial charge in [-0.05, 0) is 31.2 Å². The van der Waals surface area contributed by atoms with Gasteiger partial charge in [-0.15, -0.1) is 0 Å². The van der Waals surface area contributed by atoms with Crippen molar-refractivity contribution < 1.29 is 14.3 Å². The van der Waals surface area contributed by atoms with Gasteiger partial charge in [0, 0.05) is 11.8 Å². The van der Waals surface area contributed by atoms with Crippen molar-refractivity contribution in [2.75, 3.05) is 24.9 Å². The summed E-state index contributed by atoms with van der Waals surface area (Å²) in [5.74, 6) is 1.09. The third-order valence-corrected chi connectivity index (χ3v) is 3.15. The molecule has 0 saturated heterocycles. The first kappa shape index (κ1) is 16.4. The molecular weight excluding hydrogens is 292 g/mol. The number of carbonyl (C=O) groups is 1. The Kier molecular flexibility index (Phi) is 5.63. The van der Waals surface area contributed by atoms with Crippen molar-refractivity contribution in [3.05, 3.63) is 60.3 Å². The molecule has 2 aromatic rings. The van der Waals surface area contributed by atoms with Crippen LogP contribution in [-0.2, 0) is 4.79 Å². The van der Waals surface area contributed by atoms with Gasteiger partial charge in [0.25, 0.3) is 0 Å². The number of allylic oxidation sites excluding steroid dienone is 1. The van der Waals surface area contributed by atoms with E-state index in [0.717, 1.165) is 5.69 Å². The van der Waals surface area contributed by atoms with Crippen LogP contribution in [0.5, 0.6) is 11.5 Å². The molecule has 0 aliphatic heterocycles. The number of anilines is 2. The molecule has 2 N–H and O–H groups in total. The van der Waals surface area contributed by atoms with Crippen LogP contribution in [0.25, 0.3) is 0 Å². The number of carbonyl (C=O) groups excluding carboxylic acids is 1. The van der Waals surface area contributed by atoms with Gasteiger partial charge in [0.15, 0.2) is 0 Å². The van der Waals surface area contributed by atoms with Gasteiger partial charge in [0.1, 0.15) is 11.5 Å². The smallest absolute Gasteiger partial charge is 0.250 e. The van der Waals surface area contributed by atoms with E-state index in [9.17, 15) is 4.79 Å². The normalized spacial score (nSPS) is 10.8. The summed E-state index contributed by atoms with van der Waals surface area (Å²) in [5.41, 5.74) is 2.12. The second kappa shape index (κ2) is 7.89. The first-order chi connectivity index (χ1) is 11.1. The average molecular weight is 312 g/mol. The molecule has 0 aliphatic carbocycles. The second-order valence-corrected chi connectivity index (χ2v) is 4.84. The molecule has 0 fully saturated rings. The first-order valence-corrected chi connectivity index (χ1v) is 7.16. The molecule has 0 bridgehead atoms. The minimum absolute atomic E-state index is 0.241. The summed E-state index contributed by atoms with van der Waals surface area (Å²) in [4.78, 5) is 12.1. The molecule has 0 unspecified atom stereocenters. The van der Waals surface area contributed by atoms with Crippen molar-refractivity contribution in [1.29, 1.82) is 0 Å². The van der Waals surface area contributed by atoms with E-state index in [4.69, 9.17) is 9.47 Å². The van der Waals surface area contributed by atoms with Gasteiger partial charge in [-0.1, -0.05) is 24.3 Å². The highest BCUT2D eigenvalue weighted by molar-refractivity contribution is 6.01. The fourth-order valence-electron chi connectivity index (χ4n) is 2.11. The lowest BCUT2D eigenvalue weighted by molar-refractivity contribution is -0.112. The molecule has 0 saturated carbocycles. The largest absolute Gasteiger partial charge is 0.495 e. The topological polar surface area (TPSA) is 59.6 Å². The van der Waals surface area contributed by atoms with E-state index in [0.29, 0.717) is 22.9 Å². The van der Waals surface area contributed by atoms with Crippen molar-refractivity contribution in [3.8, 4) is 11.5 Å². The third kappa shape index (κ3) is 4.51. The molecule has 0 radical (unpaired) electrons. The maximum absolute atomic E-state index is 12.1. The Morgan fingerprint density at radius 2 is 1.35 bits per heavy atom. The van der Waals surface area contributed by atoms with E-state index in [1.807, 2.05) is 43.3 Å². The molecule has 5 heteroatoms. The first-order valence-electron chi connectivity index (χ1n) is 7.16. The lowest BCUT2D eigenvalue weighted by Gasteiger charge is -2.12. The van der Waals surface area contributed by atoms with Crippen molar-refractivity contribution in [2.24, 2.45) is 0 Å². The minimum atomic E-state index is -0.241. The van der Waals surface area contributed by atoms with E-state index < -0.39 is 0 Å². The van der Waals surface area contributed by atoms with Crippen LogP contribution >= 0.6 is 0 Å². The number of para-hydroxylation sites is 4. The summed E-state index contributed by atoms with van der Waals surface area (Å²) in [5, 5.41) is 5.95. The standard InChI is InChI=1S/C18H20N2O3/c1-13(19-14-8-4-6-10-16(14)22-2)12-18(21)20-15-9-5-7-11-17(15)23-3/h4-12,19H,1-3H3,(H,20,21)/b13-12-. The Morgan fingerprint density at radius 3 is 1.87 bits per heavy atom.